The van der Waals surface area contributed by atoms with Crippen LogP contribution in [0, 0.1) is 20.8 Å². The molecule has 0 radical (unpaired) electrons. The highest BCUT2D eigenvalue weighted by Gasteiger charge is 2.19. The molecule has 0 saturated heterocycles. The molecule has 0 saturated carbocycles. The van der Waals surface area contributed by atoms with E-state index in [1.165, 1.54) is 22.3 Å². The molecule has 2 heterocycles. The second-order valence-electron chi connectivity index (χ2n) is 6.44. The van der Waals surface area contributed by atoms with Crippen LogP contribution in [0.2, 0.25) is 0 Å². The minimum absolute atomic E-state index is 0.281. The van der Waals surface area contributed by atoms with Crippen molar-refractivity contribution in [3.63, 3.8) is 0 Å². The number of hydrogen-bond donors (Lipinski definition) is 2. The molecule has 1 atom stereocenters. The Labute approximate surface area is 138 Å². The summed E-state index contributed by atoms with van der Waals surface area (Å²) in [7, 11) is 0. The zero-order valence-corrected chi connectivity index (χ0v) is 14.5. The standard InChI is InChI=1S/C19H26N4/c1-5-17(15-7-6-12(2)10-13(15)3)23-19-16-8-9-20-11-18(16)21-14(4)22-19/h6-7,10,17,20H,5,8-9,11H2,1-4H3,(H,21,22,23)/t17-/m0/s1. The van der Waals surface area contributed by atoms with Gasteiger partial charge < -0.3 is 10.6 Å². The highest BCUT2D eigenvalue weighted by atomic mass is 15.1. The highest BCUT2D eigenvalue weighted by molar-refractivity contribution is 5.50. The molecule has 0 fully saturated rings. The normalized spacial score (nSPS) is 15.1. The molecule has 1 aromatic carbocycles. The largest absolute Gasteiger partial charge is 0.363 e. The average molecular weight is 310 g/mol. The van der Waals surface area contributed by atoms with Gasteiger partial charge in [0.15, 0.2) is 0 Å². The molecule has 23 heavy (non-hydrogen) atoms. The van der Waals surface area contributed by atoms with E-state index in [1.807, 2.05) is 6.92 Å². The zero-order valence-electron chi connectivity index (χ0n) is 14.5. The lowest BCUT2D eigenvalue weighted by Crippen LogP contribution is -2.27. The van der Waals surface area contributed by atoms with Gasteiger partial charge in [-0.15, -0.1) is 0 Å². The van der Waals surface area contributed by atoms with Crippen LogP contribution >= 0.6 is 0 Å². The van der Waals surface area contributed by atoms with Crippen LogP contribution in [-0.4, -0.2) is 16.5 Å². The number of fused-ring (bicyclic) bond motifs is 1. The van der Waals surface area contributed by atoms with E-state index in [0.29, 0.717) is 0 Å². The van der Waals surface area contributed by atoms with Gasteiger partial charge in [-0.25, -0.2) is 9.97 Å². The van der Waals surface area contributed by atoms with Gasteiger partial charge in [0.05, 0.1) is 11.7 Å². The van der Waals surface area contributed by atoms with Gasteiger partial charge in [0.1, 0.15) is 11.6 Å². The molecule has 0 amide bonds. The van der Waals surface area contributed by atoms with Crippen molar-refractivity contribution >= 4 is 5.82 Å². The fourth-order valence-corrected chi connectivity index (χ4v) is 3.38. The summed E-state index contributed by atoms with van der Waals surface area (Å²) < 4.78 is 0. The van der Waals surface area contributed by atoms with E-state index in [-0.39, 0.29) is 6.04 Å². The van der Waals surface area contributed by atoms with Crippen LogP contribution in [0.15, 0.2) is 18.2 Å². The highest BCUT2D eigenvalue weighted by Crippen LogP contribution is 2.28. The number of nitrogens with one attached hydrogen (secondary N) is 2. The molecule has 1 aliphatic heterocycles. The smallest absolute Gasteiger partial charge is 0.133 e. The summed E-state index contributed by atoms with van der Waals surface area (Å²) in [6.45, 7) is 10.4. The van der Waals surface area contributed by atoms with Gasteiger partial charge in [-0.05, 0) is 51.3 Å². The maximum atomic E-state index is 4.70. The third kappa shape index (κ3) is 3.37. The third-order valence-corrected chi connectivity index (χ3v) is 4.57. The molecule has 122 valence electrons. The first-order chi connectivity index (χ1) is 11.1. The van der Waals surface area contributed by atoms with Crippen molar-refractivity contribution in [2.75, 3.05) is 11.9 Å². The number of aromatic nitrogens is 2. The summed E-state index contributed by atoms with van der Waals surface area (Å²) in [6.07, 6.45) is 2.02. The lowest BCUT2D eigenvalue weighted by Gasteiger charge is -2.25. The Morgan fingerprint density at radius 2 is 2.04 bits per heavy atom. The van der Waals surface area contributed by atoms with Crippen molar-refractivity contribution in [2.24, 2.45) is 0 Å². The topological polar surface area (TPSA) is 49.8 Å². The molecule has 3 rings (SSSR count). The van der Waals surface area contributed by atoms with E-state index in [1.54, 1.807) is 0 Å². The van der Waals surface area contributed by atoms with Crippen molar-refractivity contribution in [3.8, 4) is 0 Å². The van der Waals surface area contributed by atoms with Gasteiger partial charge in [-0.2, -0.15) is 0 Å². The Kier molecular flexibility index (Phi) is 4.62. The summed E-state index contributed by atoms with van der Waals surface area (Å²) in [4.78, 5) is 9.29. The fourth-order valence-electron chi connectivity index (χ4n) is 3.38. The van der Waals surface area contributed by atoms with Crippen molar-refractivity contribution in [2.45, 2.75) is 53.1 Å². The molecule has 0 aliphatic carbocycles. The molecule has 4 heteroatoms. The van der Waals surface area contributed by atoms with E-state index in [4.69, 9.17) is 4.98 Å². The molecule has 0 spiro atoms. The quantitative estimate of drug-likeness (QED) is 0.906. The van der Waals surface area contributed by atoms with Crippen molar-refractivity contribution < 1.29 is 0 Å². The second kappa shape index (κ2) is 6.67. The van der Waals surface area contributed by atoms with Crippen LogP contribution in [0.5, 0.6) is 0 Å². The minimum atomic E-state index is 0.281. The number of benzene rings is 1. The van der Waals surface area contributed by atoms with Crippen LogP contribution in [0.3, 0.4) is 0 Å². The van der Waals surface area contributed by atoms with Gasteiger partial charge in [-0.1, -0.05) is 30.7 Å². The van der Waals surface area contributed by atoms with Crippen molar-refractivity contribution in [3.05, 3.63) is 52.0 Å². The first kappa shape index (κ1) is 15.9. The number of rotatable bonds is 4. The average Bonchev–Trinajstić information content (AvgIpc) is 2.53. The van der Waals surface area contributed by atoms with Gasteiger partial charge in [-0.3, -0.25) is 0 Å². The van der Waals surface area contributed by atoms with Gasteiger partial charge in [0.2, 0.25) is 0 Å². The van der Waals surface area contributed by atoms with Gasteiger partial charge in [0, 0.05) is 12.1 Å². The van der Waals surface area contributed by atoms with Crippen LogP contribution in [0.1, 0.15) is 53.2 Å². The molecule has 0 unspecified atom stereocenters. The van der Waals surface area contributed by atoms with Crippen molar-refractivity contribution in [1.29, 1.82) is 0 Å². The Hall–Kier alpha value is -1.94. The Morgan fingerprint density at radius 3 is 2.78 bits per heavy atom. The molecule has 2 N–H and O–H groups in total. The summed E-state index contributed by atoms with van der Waals surface area (Å²) in [5, 5.41) is 7.09. The molecule has 1 aromatic heterocycles. The second-order valence-corrected chi connectivity index (χ2v) is 6.44. The Morgan fingerprint density at radius 1 is 1.22 bits per heavy atom. The summed E-state index contributed by atoms with van der Waals surface area (Å²) in [5.74, 6) is 1.85. The molecular formula is C19H26N4. The molecule has 1 aliphatic rings. The minimum Gasteiger partial charge on any atom is -0.363 e. The predicted molar refractivity (Wildman–Crippen MR) is 94.8 cm³/mol. The molecule has 0 bridgehead atoms. The predicted octanol–water partition coefficient (Wildman–Crippen LogP) is 3.61. The van der Waals surface area contributed by atoms with Gasteiger partial charge >= 0.3 is 0 Å². The number of anilines is 1. The lowest BCUT2D eigenvalue weighted by atomic mass is 9.97. The molecule has 4 nitrogen and oxygen atoms in total. The number of nitrogens with zero attached hydrogens (tertiary/aromatic N) is 2. The number of hydrogen-bond acceptors (Lipinski definition) is 4. The Bertz CT molecular complexity index is 709. The van der Waals surface area contributed by atoms with Crippen LogP contribution in [0.4, 0.5) is 5.82 Å². The van der Waals surface area contributed by atoms with Crippen LogP contribution in [0.25, 0.3) is 0 Å². The summed E-state index contributed by atoms with van der Waals surface area (Å²) >= 11 is 0. The first-order valence-corrected chi connectivity index (χ1v) is 8.49. The number of aryl methyl sites for hydroxylation is 3. The monoisotopic (exact) mass is 310 g/mol. The van der Waals surface area contributed by atoms with E-state index in [0.717, 1.165) is 43.3 Å². The van der Waals surface area contributed by atoms with E-state index < -0.39 is 0 Å². The molecular weight excluding hydrogens is 284 g/mol. The van der Waals surface area contributed by atoms with E-state index in [2.05, 4.69) is 54.6 Å². The van der Waals surface area contributed by atoms with Crippen molar-refractivity contribution in [1.82, 2.24) is 15.3 Å². The van der Waals surface area contributed by atoms with Crippen LogP contribution < -0.4 is 10.6 Å². The van der Waals surface area contributed by atoms with Crippen LogP contribution in [-0.2, 0) is 13.0 Å². The summed E-state index contributed by atoms with van der Waals surface area (Å²) in [5.41, 5.74) is 6.42. The summed E-state index contributed by atoms with van der Waals surface area (Å²) in [6, 6.07) is 6.97. The SMILES string of the molecule is CC[C@H](Nc1nc(C)nc2c1CCNC2)c1ccc(C)cc1C. The maximum Gasteiger partial charge on any atom is 0.133 e. The Balaban J connectivity index is 1.94. The van der Waals surface area contributed by atoms with E-state index in [9.17, 15) is 0 Å². The van der Waals surface area contributed by atoms with Gasteiger partial charge in [0.25, 0.3) is 0 Å². The fraction of sp³-hybridized carbons (Fsp3) is 0.474. The maximum absolute atomic E-state index is 4.70. The first-order valence-electron chi connectivity index (χ1n) is 8.49. The lowest BCUT2D eigenvalue weighted by molar-refractivity contribution is 0.618. The molecule has 2 aromatic rings. The van der Waals surface area contributed by atoms with E-state index >= 15 is 0 Å². The zero-order chi connectivity index (χ0) is 16.4. The third-order valence-electron chi connectivity index (χ3n) is 4.57.